The Morgan fingerprint density at radius 2 is 2.25 bits per heavy atom. The molecule has 9 heteroatoms. The lowest BCUT2D eigenvalue weighted by molar-refractivity contribution is -0.116. The smallest absolute Gasteiger partial charge is 0.224 e. The van der Waals surface area contributed by atoms with Crippen molar-refractivity contribution < 1.29 is 4.79 Å². The highest BCUT2D eigenvalue weighted by atomic mass is 35.5. The summed E-state index contributed by atoms with van der Waals surface area (Å²) in [6.45, 7) is 0. The van der Waals surface area contributed by atoms with Gasteiger partial charge >= 0.3 is 0 Å². The fourth-order valence-electron chi connectivity index (χ4n) is 1.54. The van der Waals surface area contributed by atoms with Crippen LogP contribution in [0.15, 0.2) is 18.2 Å². The van der Waals surface area contributed by atoms with Crippen LogP contribution in [0.2, 0.25) is 10.0 Å². The molecule has 0 aliphatic rings. The first-order valence-corrected chi connectivity index (χ1v) is 6.80. The third-order valence-electron chi connectivity index (χ3n) is 2.56. The lowest BCUT2D eigenvalue weighted by atomic mass is 10.2. The van der Waals surface area contributed by atoms with Crippen LogP contribution in [0.25, 0.3) is 0 Å². The maximum Gasteiger partial charge on any atom is 0.224 e. The largest absolute Gasteiger partial charge is 0.335 e. The van der Waals surface area contributed by atoms with Crippen molar-refractivity contribution in [2.45, 2.75) is 12.8 Å². The second kappa shape index (κ2) is 6.25. The molecule has 0 aliphatic heterocycles. The number of carbonyl (C=O) groups is 1. The van der Waals surface area contributed by atoms with E-state index < -0.39 is 0 Å². The number of nitrogens with one attached hydrogen (secondary N) is 2. The first-order chi connectivity index (χ1) is 9.47. The molecule has 0 fully saturated rings. The quantitative estimate of drug-likeness (QED) is 0.593. The summed E-state index contributed by atoms with van der Waals surface area (Å²) < 4.78 is 1.54. The van der Waals surface area contributed by atoms with Gasteiger partial charge in [-0.3, -0.25) is 9.89 Å². The van der Waals surface area contributed by atoms with Crippen LogP contribution in [0.4, 0.5) is 5.69 Å². The van der Waals surface area contributed by atoms with E-state index in [0.717, 1.165) is 0 Å². The van der Waals surface area contributed by atoms with Crippen LogP contribution in [-0.2, 0) is 11.2 Å². The van der Waals surface area contributed by atoms with E-state index in [9.17, 15) is 4.79 Å². The number of nitrogen functional groups attached to an aromatic ring is 1. The SMILES string of the molecule is Nn1c(CCC(=O)Nc2ccc(Cl)cc2Cl)n[nH]c1=S. The van der Waals surface area contributed by atoms with E-state index in [-0.39, 0.29) is 12.3 Å². The second-order valence-corrected chi connectivity index (χ2v) is 5.22. The first kappa shape index (κ1) is 14.8. The van der Waals surface area contributed by atoms with E-state index >= 15 is 0 Å². The molecule has 1 aromatic carbocycles. The maximum absolute atomic E-state index is 11.8. The van der Waals surface area contributed by atoms with Gasteiger partial charge in [0.2, 0.25) is 10.7 Å². The van der Waals surface area contributed by atoms with Crippen molar-refractivity contribution >= 4 is 47.0 Å². The summed E-state index contributed by atoms with van der Waals surface area (Å²) in [7, 11) is 0. The molecule has 6 nitrogen and oxygen atoms in total. The second-order valence-electron chi connectivity index (χ2n) is 3.99. The monoisotopic (exact) mass is 331 g/mol. The van der Waals surface area contributed by atoms with Crippen LogP contribution < -0.4 is 11.2 Å². The summed E-state index contributed by atoms with van der Waals surface area (Å²) in [5, 5.41) is 10.0. The minimum absolute atomic E-state index is 0.204. The summed E-state index contributed by atoms with van der Waals surface area (Å²) in [4.78, 5) is 11.8. The molecule has 2 rings (SSSR count). The van der Waals surface area contributed by atoms with E-state index in [4.69, 9.17) is 41.3 Å². The molecule has 4 N–H and O–H groups in total. The standard InChI is InChI=1S/C11H11Cl2N5OS/c12-6-1-2-8(7(13)5-6)15-10(19)4-3-9-16-17-11(20)18(9)14/h1-2,5H,3-4,14H2,(H,15,19)(H,17,20). The number of aromatic nitrogens is 3. The Bertz CT molecular complexity index is 696. The minimum atomic E-state index is -0.205. The molecule has 0 spiro atoms. The third kappa shape index (κ3) is 3.50. The average Bonchev–Trinajstić information content (AvgIpc) is 2.71. The normalized spacial score (nSPS) is 10.5. The number of nitrogens with zero attached hydrogens (tertiary/aromatic N) is 2. The number of H-pyrrole nitrogens is 1. The Balaban J connectivity index is 1.96. The van der Waals surface area contributed by atoms with Crippen molar-refractivity contribution in [2.75, 3.05) is 11.2 Å². The number of aromatic amines is 1. The van der Waals surface area contributed by atoms with Gasteiger partial charge in [-0.15, -0.1) is 0 Å². The van der Waals surface area contributed by atoms with Crippen LogP contribution in [-0.4, -0.2) is 20.8 Å². The van der Waals surface area contributed by atoms with E-state index in [1.807, 2.05) is 0 Å². The molecule has 1 amide bonds. The lowest BCUT2D eigenvalue weighted by Gasteiger charge is -2.07. The van der Waals surface area contributed by atoms with Gasteiger partial charge in [-0.25, -0.2) is 4.68 Å². The summed E-state index contributed by atoms with van der Waals surface area (Å²) in [5.41, 5.74) is 0.507. The molecule has 0 aliphatic carbocycles. The van der Waals surface area contributed by atoms with Crippen molar-refractivity contribution in [3.8, 4) is 0 Å². The van der Waals surface area contributed by atoms with Crippen LogP contribution in [0.1, 0.15) is 12.2 Å². The Morgan fingerprint density at radius 3 is 2.85 bits per heavy atom. The van der Waals surface area contributed by atoms with Gasteiger partial charge in [0.25, 0.3) is 0 Å². The van der Waals surface area contributed by atoms with Gasteiger partial charge in [-0.1, -0.05) is 23.2 Å². The molecule has 0 bridgehead atoms. The van der Waals surface area contributed by atoms with Gasteiger partial charge in [0.05, 0.1) is 10.7 Å². The molecule has 0 saturated carbocycles. The van der Waals surface area contributed by atoms with E-state index in [2.05, 4.69) is 15.5 Å². The molecule has 0 saturated heterocycles. The topological polar surface area (TPSA) is 88.7 Å². The summed E-state index contributed by atoms with van der Waals surface area (Å²) in [6.07, 6.45) is 0.566. The third-order valence-corrected chi connectivity index (χ3v) is 3.39. The molecular formula is C11H11Cl2N5OS. The number of hydrogen-bond acceptors (Lipinski definition) is 4. The Hall–Kier alpha value is -1.57. The number of anilines is 1. The van der Waals surface area contributed by atoms with E-state index in [1.165, 1.54) is 4.68 Å². The van der Waals surface area contributed by atoms with Crippen molar-refractivity contribution in [2.24, 2.45) is 0 Å². The number of hydrogen-bond donors (Lipinski definition) is 3. The zero-order valence-electron chi connectivity index (χ0n) is 10.2. The number of carbonyl (C=O) groups excluding carboxylic acids is 1. The molecule has 106 valence electrons. The van der Waals surface area contributed by atoms with Crippen LogP contribution in [0.3, 0.4) is 0 Å². The van der Waals surface area contributed by atoms with Crippen molar-refractivity contribution in [1.82, 2.24) is 14.9 Å². The summed E-state index contributed by atoms with van der Waals surface area (Å²) in [5.74, 6) is 5.93. The molecule has 20 heavy (non-hydrogen) atoms. The molecule has 0 radical (unpaired) electrons. The Labute approximate surface area is 129 Å². The highest BCUT2D eigenvalue weighted by Gasteiger charge is 2.09. The fraction of sp³-hybridized carbons (Fsp3) is 0.182. The highest BCUT2D eigenvalue weighted by Crippen LogP contribution is 2.25. The van der Waals surface area contributed by atoms with Crippen LogP contribution in [0, 0.1) is 4.77 Å². The predicted octanol–water partition coefficient (Wildman–Crippen LogP) is 2.53. The first-order valence-electron chi connectivity index (χ1n) is 5.63. The number of benzene rings is 1. The predicted molar refractivity (Wildman–Crippen MR) is 81.0 cm³/mol. The van der Waals surface area contributed by atoms with Gasteiger partial charge in [-0.05, 0) is 30.4 Å². The van der Waals surface area contributed by atoms with Gasteiger partial charge in [0, 0.05) is 17.9 Å². The number of rotatable bonds is 4. The van der Waals surface area contributed by atoms with Crippen LogP contribution in [0.5, 0.6) is 0 Å². The average molecular weight is 332 g/mol. The Morgan fingerprint density at radius 1 is 1.50 bits per heavy atom. The maximum atomic E-state index is 11.8. The van der Waals surface area contributed by atoms with Crippen molar-refractivity contribution in [1.29, 1.82) is 0 Å². The molecule has 1 aromatic heterocycles. The summed E-state index contributed by atoms with van der Waals surface area (Å²) >= 11 is 16.6. The lowest BCUT2D eigenvalue weighted by Crippen LogP contribution is -2.17. The number of nitrogens with two attached hydrogens (primary N) is 1. The highest BCUT2D eigenvalue weighted by molar-refractivity contribution is 7.71. The molecule has 0 atom stereocenters. The molecule has 2 aromatic rings. The Kier molecular flexibility index (Phi) is 4.64. The van der Waals surface area contributed by atoms with E-state index in [0.29, 0.717) is 32.7 Å². The minimum Gasteiger partial charge on any atom is -0.335 e. The number of halogens is 2. The molecule has 1 heterocycles. The number of amides is 1. The van der Waals surface area contributed by atoms with E-state index in [1.54, 1.807) is 18.2 Å². The fourth-order valence-corrected chi connectivity index (χ4v) is 2.15. The molecule has 0 unspecified atom stereocenters. The van der Waals surface area contributed by atoms with Gasteiger partial charge in [-0.2, -0.15) is 5.10 Å². The zero-order chi connectivity index (χ0) is 14.7. The van der Waals surface area contributed by atoms with Gasteiger partial charge in [0.15, 0.2) is 5.82 Å². The van der Waals surface area contributed by atoms with Gasteiger partial charge < -0.3 is 11.2 Å². The van der Waals surface area contributed by atoms with Gasteiger partial charge in [0.1, 0.15) is 0 Å². The summed E-state index contributed by atoms with van der Waals surface area (Å²) in [6, 6.07) is 4.85. The van der Waals surface area contributed by atoms with Crippen molar-refractivity contribution in [3.63, 3.8) is 0 Å². The zero-order valence-corrected chi connectivity index (χ0v) is 12.5. The van der Waals surface area contributed by atoms with Crippen LogP contribution >= 0.6 is 35.4 Å². The number of aryl methyl sites for hydroxylation is 1. The van der Waals surface area contributed by atoms with Crippen molar-refractivity contribution in [3.05, 3.63) is 38.8 Å². The molecular weight excluding hydrogens is 321 g/mol.